The highest BCUT2D eigenvalue weighted by Gasteiger charge is 2.34. The fourth-order valence-corrected chi connectivity index (χ4v) is 3.15. The summed E-state index contributed by atoms with van der Waals surface area (Å²) < 4.78 is 0. The van der Waals surface area contributed by atoms with Crippen molar-refractivity contribution in [2.24, 2.45) is 0 Å². The first-order valence-electron chi connectivity index (χ1n) is 7.98. The van der Waals surface area contributed by atoms with Gasteiger partial charge in [-0.1, -0.05) is 18.2 Å². The van der Waals surface area contributed by atoms with E-state index in [0.29, 0.717) is 17.0 Å². The lowest BCUT2D eigenvalue weighted by molar-refractivity contribution is -0.137. The molecule has 1 aliphatic rings. The van der Waals surface area contributed by atoms with Crippen molar-refractivity contribution >= 4 is 29.1 Å². The number of carbonyl (C=O) groups excluding carboxylic acids is 2. The molecule has 2 aromatic rings. The first-order valence-corrected chi connectivity index (χ1v) is 8.86. The minimum atomic E-state index is -1.01. The Kier molecular flexibility index (Phi) is 5.14. The van der Waals surface area contributed by atoms with Gasteiger partial charge in [-0.25, -0.2) is 0 Å². The molecule has 2 amide bonds. The van der Waals surface area contributed by atoms with Gasteiger partial charge in [0, 0.05) is 18.2 Å². The fraction of sp³-hybridized carbons (Fsp3) is 0.278. The molecule has 0 unspecified atom stereocenters. The van der Waals surface area contributed by atoms with Gasteiger partial charge < -0.3 is 15.3 Å². The van der Waals surface area contributed by atoms with Crippen molar-refractivity contribution in [3.05, 3.63) is 57.8 Å². The van der Waals surface area contributed by atoms with Gasteiger partial charge in [-0.3, -0.25) is 14.4 Å². The maximum Gasteiger partial charge on any atom is 0.323 e. The van der Waals surface area contributed by atoms with Crippen molar-refractivity contribution in [1.82, 2.24) is 10.2 Å². The number of carboxylic acids is 1. The summed E-state index contributed by atoms with van der Waals surface area (Å²) in [6.07, 6.45) is 1.71. The van der Waals surface area contributed by atoms with Crippen molar-refractivity contribution < 1.29 is 19.5 Å². The summed E-state index contributed by atoms with van der Waals surface area (Å²) in [7, 11) is 0. The van der Waals surface area contributed by atoms with Crippen LogP contribution in [0.3, 0.4) is 0 Å². The van der Waals surface area contributed by atoms with Crippen LogP contribution in [-0.4, -0.2) is 40.4 Å². The Morgan fingerprint density at radius 1 is 1.16 bits per heavy atom. The lowest BCUT2D eigenvalue weighted by atomic mass is 10.1. The molecule has 2 N–H and O–H groups in total. The van der Waals surface area contributed by atoms with Crippen LogP contribution in [0.4, 0.5) is 0 Å². The van der Waals surface area contributed by atoms with E-state index in [1.54, 1.807) is 30.3 Å². The molecular formula is C18H18N2O4S. The van der Waals surface area contributed by atoms with E-state index in [1.165, 1.54) is 16.2 Å². The lowest BCUT2D eigenvalue weighted by Gasteiger charge is -2.20. The number of hydrogen-bond donors (Lipinski definition) is 2. The van der Waals surface area contributed by atoms with Gasteiger partial charge in [-0.05, 0) is 42.0 Å². The number of carboxylic acid groups (broad SMARTS) is 1. The molecule has 7 heteroatoms. The van der Waals surface area contributed by atoms with Gasteiger partial charge in [0.05, 0.1) is 4.88 Å². The van der Waals surface area contributed by atoms with Crippen LogP contribution < -0.4 is 5.32 Å². The van der Waals surface area contributed by atoms with Crippen LogP contribution >= 0.6 is 11.3 Å². The van der Waals surface area contributed by atoms with Crippen molar-refractivity contribution in [3.8, 4) is 0 Å². The Bertz CT molecular complexity index is 767. The van der Waals surface area contributed by atoms with Gasteiger partial charge in [0.25, 0.3) is 11.8 Å². The van der Waals surface area contributed by atoms with Crippen LogP contribution in [0.25, 0.3) is 0 Å². The zero-order valence-corrected chi connectivity index (χ0v) is 14.3. The average molecular weight is 358 g/mol. The van der Waals surface area contributed by atoms with Crippen LogP contribution in [0.5, 0.6) is 0 Å². The topological polar surface area (TPSA) is 86.7 Å². The minimum absolute atomic E-state index is 0.0355. The number of thiophene rings is 1. The van der Waals surface area contributed by atoms with Gasteiger partial charge >= 0.3 is 5.97 Å². The Hall–Kier alpha value is -2.67. The van der Waals surface area contributed by atoms with Gasteiger partial charge in [0.2, 0.25) is 0 Å². The third-order valence-corrected chi connectivity index (χ3v) is 4.82. The molecule has 130 valence electrons. The first-order chi connectivity index (χ1) is 12.0. The molecule has 0 saturated heterocycles. The first kappa shape index (κ1) is 17.2. The van der Waals surface area contributed by atoms with Crippen LogP contribution in [-0.2, 0) is 11.3 Å². The zero-order chi connectivity index (χ0) is 17.8. The van der Waals surface area contributed by atoms with Crippen LogP contribution in [0, 0.1) is 0 Å². The Morgan fingerprint density at radius 3 is 2.44 bits per heavy atom. The predicted molar refractivity (Wildman–Crippen MR) is 93.6 cm³/mol. The summed E-state index contributed by atoms with van der Waals surface area (Å²) in [5.41, 5.74) is 1.33. The molecule has 0 bridgehead atoms. The zero-order valence-electron chi connectivity index (χ0n) is 13.5. The maximum absolute atomic E-state index is 12.5. The molecule has 0 spiro atoms. The number of nitrogens with one attached hydrogen (secondary N) is 1. The molecule has 6 nitrogen and oxygen atoms in total. The predicted octanol–water partition coefficient (Wildman–Crippen LogP) is 2.37. The van der Waals surface area contributed by atoms with E-state index in [1.807, 2.05) is 11.4 Å². The molecule has 3 rings (SSSR count). The molecule has 1 fully saturated rings. The molecule has 0 aliphatic heterocycles. The largest absolute Gasteiger partial charge is 0.480 e. The minimum Gasteiger partial charge on any atom is -0.480 e. The van der Waals surface area contributed by atoms with Crippen molar-refractivity contribution in [2.45, 2.75) is 25.4 Å². The summed E-state index contributed by atoms with van der Waals surface area (Å²) in [6.45, 7) is 0.0921. The number of benzene rings is 1. The smallest absolute Gasteiger partial charge is 0.323 e. The SMILES string of the molecule is O=C(O)CN(C(=O)c1ccc(CNC(=O)c2cccs2)cc1)C1CC1. The Labute approximate surface area is 149 Å². The highest BCUT2D eigenvalue weighted by atomic mass is 32.1. The second-order valence-electron chi connectivity index (χ2n) is 5.91. The van der Waals surface area contributed by atoms with Crippen molar-refractivity contribution in [1.29, 1.82) is 0 Å². The van der Waals surface area contributed by atoms with Crippen LogP contribution in [0.2, 0.25) is 0 Å². The Morgan fingerprint density at radius 2 is 1.88 bits per heavy atom. The van der Waals surface area contributed by atoms with Crippen LogP contribution in [0.15, 0.2) is 41.8 Å². The van der Waals surface area contributed by atoms with E-state index in [2.05, 4.69) is 5.32 Å². The lowest BCUT2D eigenvalue weighted by Crippen LogP contribution is -2.37. The molecule has 1 aliphatic carbocycles. The number of carbonyl (C=O) groups is 3. The standard InChI is InChI=1S/C18H18N2O4S/c21-16(22)11-20(14-7-8-14)18(24)13-5-3-12(4-6-13)10-19-17(23)15-2-1-9-25-15/h1-6,9,14H,7-8,10-11H2,(H,19,23)(H,21,22). The number of nitrogens with zero attached hydrogens (tertiary/aromatic N) is 1. The summed E-state index contributed by atoms with van der Waals surface area (Å²) in [5, 5.41) is 13.6. The number of hydrogen-bond acceptors (Lipinski definition) is 4. The van der Waals surface area contributed by atoms with E-state index in [9.17, 15) is 14.4 Å². The van der Waals surface area contributed by atoms with Gasteiger partial charge in [-0.2, -0.15) is 0 Å². The summed E-state index contributed by atoms with van der Waals surface area (Å²) >= 11 is 1.38. The second-order valence-corrected chi connectivity index (χ2v) is 6.86. The number of rotatable bonds is 7. The quantitative estimate of drug-likeness (QED) is 0.795. The average Bonchev–Trinajstić information content (AvgIpc) is 3.30. The summed E-state index contributed by atoms with van der Waals surface area (Å²) in [5.74, 6) is -1.40. The molecule has 0 atom stereocenters. The number of amides is 2. The summed E-state index contributed by atoms with van der Waals surface area (Å²) in [4.78, 5) is 37.4. The molecule has 1 heterocycles. The highest BCUT2D eigenvalue weighted by Crippen LogP contribution is 2.28. The van der Waals surface area contributed by atoms with E-state index in [0.717, 1.165) is 18.4 Å². The van der Waals surface area contributed by atoms with Gasteiger partial charge in [0.1, 0.15) is 6.54 Å². The third-order valence-electron chi connectivity index (χ3n) is 3.95. The van der Waals surface area contributed by atoms with Crippen molar-refractivity contribution in [2.75, 3.05) is 6.54 Å². The van der Waals surface area contributed by atoms with E-state index in [4.69, 9.17) is 5.11 Å². The van der Waals surface area contributed by atoms with Gasteiger partial charge in [0.15, 0.2) is 0 Å². The molecule has 25 heavy (non-hydrogen) atoms. The second kappa shape index (κ2) is 7.48. The molecule has 0 radical (unpaired) electrons. The van der Waals surface area contributed by atoms with Crippen molar-refractivity contribution in [3.63, 3.8) is 0 Å². The fourth-order valence-electron chi connectivity index (χ4n) is 2.51. The monoisotopic (exact) mass is 358 g/mol. The molecule has 1 aromatic heterocycles. The highest BCUT2D eigenvalue weighted by molar-refractivity contribution is 7.12. The van der Waals surface area contributed by atoms with Crippen LogP contribution in [0.1, 0.15) is 38.4 Å². The van der Waals surface area contributed by atoms with E-state index >= 15 is 0 Å². The maximum atomic E-state index is 12.5. The number of aliphatic carboxylic acids is 1. The third kappa shape index (κ3) is 4.45. The summed E-state index contributed by atoms with van der Waals surface area (Å²) in [6, 6.07) is 10.5. The molecular weight excluding hydrogens is 340 g/mol. The normalized spacial score (nSPS) is 13.3. The molecule has 1 aromatic carbocycles. The Balaban J connectivity index is 1.60. The van der Waals surface area contributed by atoms with E-state index < -0.39 is 5.97 Å². The van der Waals surface area contributed by atoms with E-state index in [-0.39, 0.29) is 24.4 Å². The molecule has 1 saturated carbocycles. The van der Waals surface area contributed by atoms with Gasteiger partial charge in [-0.15, -0.1) is 11.3 Å².